The zero-order chi connectivity index (χ0) is 27.6. The maximum atomic E-state index is 13.3. The van der Waals surface area contributed by atoms with Crippen molar-refractivity contribution >= 4 is 58.3 Å². The molecule has 0 spiro atoms. The van der Waals surface area contributed by atoms with Crippen molar-refractivity contribution in [1.29, 1.82) is 0 Å². The van der Waals surface area contributed by atoms with E-state index in [1.807, 2.05) is 79.2 Å². The second-order valence-electron chi connectivity index (χ2n) is 8.79. The molecule has 198 valence electrons. The molecule has 1 unspecified atom stereocenters. The van der Waals surface area contributed by atoms with Crippen LogP contribution in [0.1, 0.15) is 34.8 Å². The van der Waals surface area contributed by atoms with Crippen molar-refractivity contribution in [3.8, 4) is 0 Å². The summed E-state index contributed by atoms with van der Waals surface area (Å²) in [4.78, 5) is 39.8. The molecule has 39 heavy (non-hydrogen) atoms. The van der Waals surface area contributed by atoms with Crippen LogP contribution < -0.4 is 16.0 Å². The average molecular weight is 556 g/mol. The van der Waals surface area contributed by atoms with E-state index in [-0.39, 0.29) is 22.8 Å². The molecular formula is C31H29N3O3S2. The Kier molecular flexibility index (Phi) is 9.72. The van der Waals surface area contributed by atoms with Gasteiger partial charge in [-0.2, -0.15) is 11.3 Å². The van der Waals surface area contributed by atoms with E-state index in [2.05, 4.69) is 16.0 Å². The Hall–Kier alpha value is -4.14. The Bertz CT molecular complexity index is 1450. The van der Waals surface area contributed by atoms with Gasteiger partial charge < -0.3 is 16.0 Å². The van der Waals surface area contributed by atoms with E-state index in [0.29, 0.717) is 17.7 Å². The van der Waals surface area contributed by atoms with Crippen molar-refractivity contribution in [2.45, 2.75) is 30.4 Å². The number of thiophene rings is 1. The lowest BCUT2D eigenvalue weighted by molar-refractivity contribution is -0.116. The first-order valence-corrected chi connectivity index (χ1v) is 14.3. The van der Waals surface area contributed by atoms with Crippen LogP contribution in [0.5, 0.6) is 0 Å². The van der Waals surface area contributed by atoms with Gasteiger partial charge in [0.1, 0.15) is 5.70 Å². The zero-order valence-electron chi connectivity index (χ0n) is 21.6. The fourth-order valence-electron chi connectivity index (χ4n) is 3.66. The summed E-state index contributed by atoms with van der Waals surface area (Å²) in [6, 6.07) is 25.6. The quantitative estimate of drug-likeness (QED) is 0.146. The van der Waals surface area contributed by atoms with Crippen LogP contribution in [-0.4, -0.2) is 23.0 Å². The fourth-order valence-corrected chi connectivity index (χ4v) is 5.29. The van der Waals surface area contributed by atoms with Crippen molar-refractivity contribution < 1.29 is 14.4 Å². The summed E-state index contributed by atoms with van der Waals surface area (Å²) in [5, 5.41) is 12.1. The molecule has 0 saturated carbocycles. The molecule has 4 aromatic rings. The summed E-state index contributed by atoms with van der Waals surface area (Å²) in [6.45, 7) is 3.97. The molecule has 3 amide bonds. The summed E-state index contributed by atoms with van der Waals surface area (Å²) < 4.78 is 0. The molecule has 0 aliphatic rings. The highest BCUT2D eigenvalue weighted by atomic mass is 32.2. The summed E-state index contributed by atoms with van der Waals surface area (Å²) in [7, 11) is 0. The summed E-state index contributed by atoms with van der Waals surface area (Å²) in [5.74, 6) is -0.899. The van der Waals surface area contributed by atoms with Crippen LogP contribution in [0.15, 0.2) is 106 Å². The molecule has 3 N–H and O–H groups in total. The number of rotatable bonds is 10. The third-order valence-corrected chi connectivity index (χ3v) is 7.80. The van der Waals surface area contributed by atoms with E-state index >= 15 is 0 Å². The summed E-state index contributed by atoms with van der Waals surface area (Å²) in [6.07, 6.45) is 2.28. The van der Waals surface area contributed by atoms with Crippen LogP contribution in [-0.2, 0) is 9.59 Å². The fraction of sp³-hybridized carbons (Fsp3) is 0.129. The van der Waals surface area contributed by atoms with Crippen LogP contribution in [0, 0.1) is 6.92 Å². The topological polar surface area (TPSA) is 87.3 Å². The molecule has 0 radical (unpaired) electrons. The largest absolute Gasteiger partial charge is 0.325 e. The predicted molar refractivity (Wildman–Crippen MR) is 161 cm³/mol. The third-order valence-electron chi connectivity index (χ3n) is 5.74. The van der Waals surface area contributed by atoms with Crippen molar-refractivity contribution in [1.82, 2.24) is 5.32 Å². The minimum absolute atomic E-state index is 0.0783. The Morgan fingerprint density at radius 2 is 1.67 bits per heavy atom. The highest BCUT2D eigenvalue weighted by Crippen LogP contribution is 2.29. The van der Waals surface area contributed by atoms with Crippen LogP contribution in [0.25, 0.3) is 6.08 Å². The Balaban J connectivity index is 1.46. The van der Waals surface area contributed by atoms with Gasteiger partial charge in [0.2, 0.25) is 5.91 Å². The number of thioether (sulfide) groups is 1. The maximum Gasteiger partial charge on any atom is 0.272 e. The van der Waals surface area contributed by atoms with E-state index in [0.717, 1.165) is 21.7 Å². The SMILES string of the molecule is CCC(Sc1cccc(NC(=O)/C(=C/c2ccsc2)NC(=O)c2ccccc2)c1)C(=O)Nc1ccc(C)cc1. The number of aryl methyl sites for hydroxylation is 1. The Labute approximate surface area is 236 Å². The molecule has 0 saturated heterocycles. The van der Waals surface area contributed by atoms with E-state index < -0.39 is 5.91 Å². The van der Waals surface area contributed by atoms with Gasteiger partial charge in [-0.05, 0) is 84.3 Å². The number of benzene rings is 3. The van der Waals surface area contributed by atoms with Crippen LogP contribution >= 0.6 is 23.1 Å². The molecule has 0 aliphatic heterocycles. The van der Waals surface area contributed by atoms with Gasteiger partial charge in [0, 0.05) is 21.8 Å². The standard InChI is InChI=1S/C31H29N3O3S2/c1-3-28(31(37)32-24-14-12-21(2)13-15-24)39-26-11-7-10-25(19-26)33-30(36)27(18-22-16-17-38-20-22)34-29(35)23-8-5-4-6-9-23/h4-20,28H,3H2,1-2H3,(H,32,37)(H,33,36)(H,34,35)/b27-18-. The Morgan fingerprint density at radius 1 is 0.897 bits per heavy atom. The number of hydrogen-bond donors (Lipinski definition) is 3. The second kappa shape index (κ2) is 13.6. The highest BCUT2D eigenvalue weighted by Gasteiger charge is 2.19. The van der Waals surface area contributed by atoms with Gasteiger partial charge in [-0.25, -0.2) is 0 Å². The third kappa shape index (κ3) is 8.17. The van der Waals surface area contributed by atoms with Gasteiger partial charge >= 0.3 is 0 Å². The van der Waals surface area contributed by atoms with Crippen LogP contribution in [0.2, 0.25) is 0 Å². The summed E-state index contributed by atoms with van der Waals surface area (Å²) >= 11 is 2.94. The van der Waals surface area contributed by atoms with Crippen LogP contribution in [0.4, 0.5) is 11.4 Å². The normalized spacial score (nSPS) is 11.9. The number of amides is 3. The number of carbonyl (C=O) groups excluding carboxylic acids is 3. The highest BCUT2D eigenvalue weighted by molar-refractivity contribution is 8.00. The van der Waals surface area contributed by atoms with Gasteiger partial charge in [0.25, 0.3) is 11.8 Å². The smallest absolute Gasteiger partial charge is 0.272 e. The lowest BCUT2D eigenvalue weighted by Gasteiger charge is -2.16. The minimum atomic E-state index is -0.447. The van der Waals surface area contributed by atoms with Gasteiger partial charge in [-0.15, -0.1) is 11.8 Å². The predicted octanol–water partition coefficient (Wildman–Crippen LogP) is 6.98. The van der Waals surface area contributed by atoms with E-state index in [4.69, 9.17) is 0 Å². The molecule has 8 heteroatoms. The molecule has 0 aliphatic carbocycles. The molecule has 1 atom stereocenters. The number of carbonyl (C=O) groups is 3. The first-order valence-electron chi connectivity index (χ1n) is 12.5. The number of anilines is 2. The minimum Gasteiger partial charge on any atom is -0.325 e. The lowest BCUT2D eigenvalue weighted by Crippen LogP contribution is -2.30. The van der Waals surface area contributed by atoms with Crippen molar-refractivity contribution in [3.63, 3.8) is 0 Å². The Morgan fingerprint density at radius 3 is 2.36 bits per heavy atom. The first-order chi connectivity index (χ1) is 18.9. The van der Waals surface area contributed by atoms with Crippen LogP contribution in [0.3, 0.4) is 0 Å². The van der Waals surface area contributed by atoms with Crippen molar-refractivity contribution in [3.05, 3.63) is 118 Å². The van der Waals surface area contributed by atoms with Gasteiger partial charge in [-0.3, -0.25) is 14.4 Å². The van der Waals surface area contributed by atoms with Crippen molar-refractivity contribution in [2.24, 2.45) is 0 Å². The second-order valence-corrected chi connectivity index (χ2v) is 10.8. The molecule has 1 aromatic heterocycles. The van der Waals surface area contributed by atoms with Gasteiger partial charge in [0.05, 0.1) is 5.25 Å². The number of nitrogens with one attached hydrogen (secondary N) is 3. The maximum absolute atomic E-state index is 13.3. The van der Waals surface area contributed by atoms with E-state index in [1.165, 1.54) is 23.1 Å². The monoisotopic (exact) mass is 555 g/mol. The molecule has 3 aromatic carbocycles. The van der Waals surface area contributed by atoms with Gasteiger partial charge in [-0.1, -0.05) is 48.9 Å². The zero-order valence-corrected chi connectivity index (χ0v) is 23.3. The van der Waals surface area contributed by atoms with E-state index in [9.17, 15) is 14.4 Å². The van der Waals surface area contributed by atoms with Crippen molar-refractivity contribution in [2.75, 3.05) is 10.6 Å². The van der Waals surface area contributed by atoms with Gasteiger partial charge in [0.15, 0.2) is 0 Å². The molecular weight excluding hydrogens is 526 g/mol. The molecule has 1 heterocycles. The molecule has 4 rings (SSSR count). The summed E-state index contributed by atoms with van der Waals surface area (Å²) in [5.41, 5.74) is 3.84. The molecule has 0 fully saturated rings. The first kappa shape index (κ1) is 27.9. The average Bonchev–Trinajstić information content (AvgIpc) is 3.46. The molecule has 6 nitrogen and oxygen atoms in total. The van der Waals surface area contributed by atoms with E-state index in [1.54, 1.807) is 36.4 Å². The molecule has 0 bridgehead atoms. The number of hydrogen-bond acceptors (Lipinski definition) is 5. The lowest BCUT2D eigenvalue weighted by atomic mass is 10.2.